The van der Waals surface area contributed by atoms with Gasteiger partial charge in [0.15, 0.2) is 0 Å². The molecule has 0 unspecified atom stereocenters. The third-order valence-electron chi connectivity index (χ3n) is 5.32. The molecule has 160 valence electrons. The Kier molecular flexibility index (Phi) is 10.3. The number of halogens is 1. The fourth-order valence-corrected chi connectivity index (χ4v) is 5.35. The van der Waals surface area contributed by atoms with Crippen LogP contribution < -0.4 is 0 Å². The summed E-state index contributed by atoms with van der Waals surface area (Å²) in [5.74, 6) is 4.78. The van der Waals surface area contributed by atoms with Crippen LogP contribution in [0.3, 0.4) is 0 Å². The molecule has 0 N–H and O–H groups in total. The minimum absolute atomic E-state index is 0.143. The number of hydrogen-bond acceptors (Lipinski definition) is 1. The van der Waals surface area contributed by atoms with Crippen LogP contribution in [0.15, 0.2) is 78.3 Å². The summed E-state index contributed by atoms with van der Waals surface area (Å²) in [6.07, 6.45) is 0. The second-order valence-corrected chi connectivity index (χ2v) is 9.35. The maximum atomic E-state index is 4.49. The molecule has 1 atom stereocenters. The average molecular weight is 528 g/mol. The van der Waals surface area contributed by atoms with Crippen LogP contribution in [0.25, 0.3) is 16.1 Å². The Morgan fingerprint density at radius 2 is 1.43 bits per heavy atom. The molecule has 30 heavy (non-hydrogen) atoms. The Morgan fingerprint density at radius 3 is 2.03 bits per heavy atom. The number of hydrogen-bond donors (Lipinski definition) is 0. The van der Waals surface area contributed by atoms with Crippen LogP contribution in [0, 0.1) is 19.9 Å². The normalized spacial score (nSPS) is 11.4. The summed E-state index contributed by atoms with van der Waals surface area (Å²) in [5.41, 5.74) is 4.23. The van der Waals surface area contributed by atoms with Crippen molar-refractivity contribution in [2.45, 2.75) is 26.8 Å². The van der Waals surface area contributed by atoms with Gasteiger partial charge in [0.05, 0.1) is 0 Å². The quantitative estimate of drug-likeness (QED) is 0.191. The van der Waals surface area contributed by atoms with Crippen molar-refractivity contribution in [1.82, 2.24) is 4.90 Å². The molecule has 0 aliphatic heterocycles. The summed E-state index contributed by atoms with van der Waals surface area (Å²) in [6.45, 7) is 6.60. The van der Waals surface area contributed by atoms with E-state index in [0.717, 1.165) is 0 Å². The molecule has 1 nitrogen and oxygen atoms in total. The Labute approximate surface area is 197 Å². The van der Waals surface area contributed by atoms with Crippen molar-refractivity contribution in [3.05, 3.63) is 101 Å². The second-order valence-electron chi connectivity index (χ2n) is 7.50. The summed E-state index contributed by atoms with van der Waals surface area (Å²) < 4.78 is 0. The maximum absolute atomic E-state index is 4.49. The van der Waals surface area contributed by atoms with Crippen molar-refractivity contribution in [2.75, 3.05) is 14.1 Å². The molecule has 0 amide bonds. The Hall–Kier alpha value is -1.39. The molecule has 4 aromatic rings. The van der Waals surface area contributed by atoms with Crippen LogP contribution in [-0.4, -0.2) is 19.0 Å². The molecule has 4 heteroatoms. The van der Waals surface area contributed by atoms with Gasteiger partial charge in [-0.25, -0.2) is 0 Å². The number of fused-ring (bicyclic) bond motifs is 1. The van der Waals surface area contributed by atoms with Crippen molar-refractivity contribution in [2.24, 2.45) is 0 Å². The first-order valence-electron chi connectivity index (χ1n) is 9.85. The van der Waals surface area contributed by atoms with E-state index in [-0.39, 0.29) is 7.53 Å². The van der Waals surface area contributed by atoms with Gasteiger partial charge in [0.1, 0.15) is 0 Å². The Morgan fingerprint density at radius 1 is 0.867 bits per heavy atom. The van der Waals surface area contributed by atoms with Gasteiger partial charge in [0.2, 0.25) is 0 Å². The van der Waals surface area contributed by atoms with E-state index in [9.17, 15) is 0 Å². The summed E-state index contributed by atoms with van der Waals surface area (Å²) >= 11 is 2.22. The van der Waals surface area contributed by atoms with E-state index in [4.69, 9.17) is 0 Å². The predicted octanol–water partition coefficient (Wildman–Crippen LogP) is 8.23. The molecule has 0 aliphatic rings. The summed E-state index contributed by atoms with van der Waals surface area (Å²) in [6, 6.07) is 27.0. The van der Waals surface area contributed by atoms with Gasteiger partial charge in [0.25, 0.3) is 0 Å². The van der Waals surface area contributed by atoms with E-state index < -0.39 is 0 Å². The van der Waals surface area contributed by atoms with E-state index in [0.29, 0.717) is 6.04 Å². The van der Waals surface area contributed by atoms with E-state index in [2.05, 4.69) is 146 Å². The minimum atomic E-state index is -0.143. The van der Waals surface area contributed by atoms with Crippen LogP contribution in [0.2, 0.25) is 0 Å². The van der Waals surface area contributed by atoms with Crippen LogP contribution in [0.4, 0.5) is 0 Å². The summed E-state index contributed by atoms with van der Waals surface area (Å²) in [5, 5.41) is 4.05. The van der Waals surface area contributed by atoms with Gasteiger partial charge in [-0.05, 0) is 62.0 Å². The molecule has 4 rings (SSSR count). The van der Waals surface area contributed by atoms with Crippen LogP contribution >= 0.6 is 17.1 Å². The topological polar surface area (TPSA) is 3.24 Å². The molecule has 1 aromatic heterocycles. The average Bonchev–Trinajstić information content (AvgIpc) is 3.13. The SMILES string of the molecule is C[C@H](c1c[c-]cc2ccccc12)N(C)C.Cc1cp(-c2ccccc2)cc1C.[Cl][Pd+]. The first kappa shape index (κ1) is 24.9. The molecule has 0 aliphatic carbocycles. The molecule has 0 saturated heterocycles. The van der Waals surface area contributed by atoms with E-state index >= 15 is 0 Å². The first-order valence-corrected chi connectivity index (χ1v) is 13.3. The fraction of sp³-hybridized carbons (Fsp3) is 0.231. The zero-order valence-corrected chi connectivity index (χ0v) is 21.4. The van der Waals surface area contributed by atoms with Gasteiger partial charge < -0.3 is 4.90 Å². The molecule has 0 saturated carbocycles. The molecule has 0 spiro atoms. The van der Waals surface area contributed by atoms with Crippen molar-refractivity contribution >= 4 is 27.8 Å². The van der Waals surface area contributed by atoms with Crippen molar-refractivity contribution in [3.63, 3.8) is 0 Å². The van der Waals surface area contributed by atoms with Crippen molar-refractivity contribution < 1.29 is 18.2 Å². The van der Waals surface area contributed by atoms with Gasteiger partial charge in [-0.1, -0.05) is 63.0 Å². The van der Waals surface area contributed by atoms with Gasteiger partial charge in [0, 0.05) is 0 Å². The van der Waals surface area contributed by atoms with E-state index in [1.807, 2.05) is 6.07 Å². The fourth-order valence-electron chi connectivity index (χ4n) is 3.22. The summed E-state index contributed by atoms with van der Waals surface area (Å²) in [4.78, 5) is 2.22. The van der Waals surface area contributed by atoms with E-state index in [1.54, 1.807) is 0 Å². The van der Waals surface area contributed by atoms with Gasteiger partial charge in [-0.3, -0.25) is 0 Å². The van der Waals surface area contributed by atoms with Gasteiger partial charge in [-0.15, -0.1) is 22.4 Å². The van der Waals surface area contributed by atoms with Crippen molar-refractivity contribution in [3.8, 4) is 5.30 Å². The van der Waals surface area contributed by atoms with Crippen LogP contribution in [-0.2, 0) is 18.2 Å². The predicted molar refractivity (Wildman–Crippen MR) is 131 cm³/mol. The first-order chi connectivity index (χ1) is 14.5. The standard InChI is InChI=1S/C14H16N.C12H13P.ClH.Pd/c1-11(15(2)3)13-10-6-8-12-7-4-5-9-14(12)13;1-10-8-13(9-11(10)2)12-6-4-3-5-7-12;;/h4-5,7-11H,1-3H3;3-9H,1-2H3;1H;/q-1;;;+2/p-1/t11-;;;/m1.../s1. The Balaban J connectivity index is 0.000000199. The zero-order chi connectivity index (χ0) is 22.1. The summed E-state index contributed by atoms with van der Waals surface area (Å²) in [7, 11) is 8.55. The number of benzene rings is 3. The van der Waals surface area contributed by atoms with Crippen LogP contribution in [0.1, 0.15) is 29.7 Å². The number of nitrogens with zero attached hydrogens (tertiary/aromatic N) is 1. The molecule has 0 radical (unpaired) electrons. The van der Waals surface area contributed by atoms with Crippen LogP contribution in [0.5, 0.6) is 0 Å². The monoisotopic (exact) mass is 527 g/mol. The zero-order valence-electron chi connectivity index (χ0n) is 18.2. The van der Waals surface area contributed by atoms with Gasteiger partial charge in [-0.2, -0.15) is 18.2 Å². The second kappa shape index (κ2) is 12.5. The molecule has 3 aromatic carbocycles. The third kappa shape index (κ3) is 6.55. The van der Waals surface area contributed by atoms with Crippen molar-refractivity contribution in [1.29, 1.82) is 0 Å². The number of rotatable bonds is 3. The third-order valence-corrected chi connectivity index (χ3v) is 7.54. The van der Waals surface area contributed by atoms with Gasteiger partial charge >= 0.3 is 27.7 Å². The van der Waals surface area contributed by atoms with E-state index in [1.165, 1.54) is 32.8 Å². The molecule has 0 bridgehead atoms. The molecular weight excluding hydrogens is 499 g/mol. The molecule has 1 heterocycles. The number of aryl methyl sites for hydroxylation is 2. The Bertz CT molecular complexity index is 1020. The molecular formula is C26H29ClNPPd. The molecule has 0 fully saturated rings.